The summed E-state index contributed by atoms with van der Waals surface area (Å²) in [5.74, 6) is 0.743. The van der Waals surface area contributed by atoms with Gasteiger partial charge in [-0.1, -0.05) is 0 Å². The summed E-state index contributed by atoms with van der Waals surface area (Å²) >= 11 is 7.46. The Balaban J connectivity index is 1.74. The van der Waals surface area contributed by atoms with Crippen molar-refractivity contribution in [1.29, 1.82) is 0 Å². The lowest BCUT2D eigenvalue weighted by molar-refractivity contribution is 0.132. The first-order chi connectivity index (χ1) is 7.38. The highest BCUT2D eigenvalue weighted by atomic mass is 35.5. The van der Waals surface area contributed by atoms with Crippen LogP contribution in [0.3, 0.4) is 0 Å². The normalized spacial score (nSPS) is 19.5. The zero-order valence-electron chi connectivity index (χ0n) is 8.73. The van der Waals surface area contributed by atoms with Gasteiger partial charge in [0, 0.05) is 50.2 Å². The molecule has 84 valence electrons. The lowest BCUT2D eigenvalue weighted by Gasteiger charge is -2.33. The summed E-state index contributed by atoms with van der Waals surface area (Å²) < 4.78 is 0. The van der Waals surface area contributed by atoms with E-state index in [0.717, 1.165) is 45.1 Å². The Morgan fingerprint density at radius 2 is 2.00 bits per heavy atom. The van der Waals surface area contributed by atoms with E-state index in [2.05, 4.69) is 14.8 Å². The molecule has 0 radical (unpaired) electrons. The van der Waals surface area contributed by atoms with Crippen LogP contribution in [0.5, 0.6) is 0 Å². The molecule has 0 N–H and O–H groups in total. The molecule has 1 aliphatic heterocycles. The molecule has 0 aliphatic carbocycles. The smallest absolute Gasteiger partial charge is 0.107 e. The lowest BCUT2D eigenvalue weighted by Crippen LogP contribution is -2.46. The number of aromatic nitrogens is 1. The monoisotopic (exact) mass is 245 g/mol. The molecule has 1 fully saturated rings. The molecule has 0 atom stereocenters. The second-order valence-corrected chi connectivity index (χ2v) is 5.09. The number of piperazine rings is 1. The number of nitrogens with zero attached hydrogens (tertiary/aromatic N) is 3. The van der Waals surface area contributed by atoms with E-state index in [0.29, 0.717) is 0 Å². The molecule has 1 saturated heterocycles. The average Bonchev–Trinajstić information content (AvgIpc) is 2.74. The van der Waals surface area contributed by atoms with Crippen molar-refractivity contribution < 1.29 is 0 Å². The molecule has 2 heterocycles. The van der Waals surface area contributed by atoms with E-state index in [9.17, 15) is 0 Å². The fraction of sp³-hybridized carbons (Fsp3) is 0.700. The Hall–Kier alpha value is -0.160. The summed E-state index contributed by atoms with van der Waals surface area (Å²) in [6.45, 7) is 6.57. The molecule has 1 aromatic rings. The van der Waals surface area contributed by atoms with Crippen molar-refractivity contribution in [3.63, 3.8) is 0 Å². The van der Waals surface area contributed by atoms with Gasteiger partial charge >= 0.3 is 0 Å². The number of hydrogen-bond acceptors (Lipinski definition) is 4. The van der Waals surface area contributed by atoms with Gasteiger partial charge in [0.25, 0.3) is 0 Å². The maximum Gasteiger partial charge on any atom is 0.107 e. The predicted molar refractivity (Wildman–Crippen MR) is 64.6 cm³/mol. The van der Waals surface area contributed by atoms with Crippen LogP contribution in [-0.4, -0.2) is 53.4 Å². The Kier molecular flexibility index (Phi) is 4.38. The third-order valence-electron chi connectivity index (χ3n) is 2.71. The first-order valence-electron chi connectivity index (χ1n) is 5.27. The first-order valence-corrected chi connectivity index (χ1v) is 6.69. The van der Waals surface area contributed by atoms with Gasteiger partial charge in [0.15, 0.2) is 0 Å². The van der Waals surface area contributed by atoms with Gasteiger partial charge in [-0.15, -0.1) is 22.9 Å². The Bertz CT molecular complexity index is 270. The Morgan fingerprint density at radius 1 is 1.27 bits per heavy atom. The van der Waals surface area contributed by atoms with Gasteiger partial charge in [-0.3, -0.25) is 9.80 Å². The molecule has 2 rings (SSSR count). The predicted octanol–water partition coefficient (Wildman–Crippen LogP) is 1.50. The van der Waals surface area contributed by atoms with Crippen LogP contribution in [0.1, 0.15) is 5.01 Å². The van der Waals surface area contributed by atoms with Gasteiger partial charge in [0.1, 0.15) is 5.01 Å². The summed E-state index contributed by atoms with van der Waals surface area (Å²) in [6.07, 6.45) is 1.88. The second-order valence-electron chi connectivity index (χ2n) is 3.73. The summed E-state index contributed by atoms with van der Waals surface area (Å²) in [7, 11) is 0. The number of alkyl halides is 1. The van der Waals surface area contributed by atoms with Crippen LogP contribution in [0.4, 0.5) is 0 Å². The lowest BCUT2D eigenvalue weighted by atomic mass is 10.3. The maximum atomic E-state index is 5.72. The van der Waals surface area contributed by atoms with Crippen molar-refractivity contribution in [1.82, 2.24) is 14.8 Å². The number of halogens is 1. The third kappa shape index (κ3) is 3.41. The minimum Gasteiger partial charge on any atom is -0.300 e. The Labute approximate surface area is 99.7 Å². The summed E-state index contributed by atoms with van der Waals surface area (Å²) in [4.78, 5) is 9.19. The summed E-state index contributed by atoms with van der Waals surface area (Å²) in [6, 6.07) is 0. The fourth-order valence-electron chi connectivity index (χ4n) is 1.81. The molecule has 0 amide bonds. The zero-order chi connectivity index (χ0) is 10.5. The number of hydrogen-bond donors (Lipinski definition) is 0. The topological polar surface area (TPSA) is 19.4 Å². The van der Waals surface area contributed by atoms with Crippen LogP contribution in [0.25, 0.3) is 0 Å². The summed E-state index contributed by atoms with van der Waals surface area (Å²) in [5, 5.41) is 3.26. The molecule has 15 heavy (non-hydrogen) atoms. The van der Waals surface area contributed by atoms with Gasteiger partial charge in [-0.25, -0.2) is 4.98 Å². The van der Waals surface area contributed by atoms with Crippen molar-refractivity contribution in [3.05, 3.63) is 16.6 Å². The minimum absolute atomic E-state index is 0.743. The van der Waals surface area contributed by atoms with E-state index in [1.807, 2.05) is 11.6 Å². The van der Waals surface area contributed by atoms with Gasteiger partial charge in [0.2, 0.25) is 0 Å². The van der Waals surface area contributed by atoms with Crippen LogP contribution in [0.15, 0.2) is 11.6 Å². The van der Waals surface area contributed by atoms with Gasteiger partial charge in [-0.2, -0.15) is 0 Å². The molecule has 1 aliphatic rings. The van der Waals surface area contributed by atoms with Crippen molar-refractivity contribution in [2.45, 2.75) is 6.54 Å². The van der Waals surface area contributed by atoms with Gasteiger partial charge < -0.3 is 0 Å². The van der Waals surface area contributed by atoms with Gasteiger partial charge in [0.05, 0.1) is 6.54 Å². The van der Waals surface area contributed by atoms with E-state index in [1.165, 1.54) is 5.01 Å². The Morgan fingerprint density at radius 3 is 2.60 bits per heavy atom. The fourth-order valence-corrected chi connectivity index (χ4v) is 2.71. The van der Waals surface area contributed by atoms with Crippen LogP contribution in [0, 0.1) is 0 Å². The highest BCUT2D eigenvalue weighted by Gasteiger charge is 2.16. The molecular formula is C10H16ClN3S. The highest BCUT2D eigenvalue weighted by molar-refractivity contribution is 7.09. The number of thiazole rings is 1. The average molecular weight is 246 g/mol. The third-order valence-corrected chi connectivity index (χ3v) is 3.64. The molecule has 0 spiro atoms. The van der Waals surface area contributed by atoms with Crippen molar-refractivity contribution in [2.75, 3.05) is 38.6 Å². The molecule has 0 saturated carbocycles. The van der Waals surface area contributed by atoms with Crippen molar-refractivity contribution >= 4 is 22.9 Å². The molecular weight excluding hydrogens is 230 g/mol. The SMILES string of the molecule is ClCCN1CCN(Cc2nccs2)CC1. The highest BCUT2D eigenvalue weighted by Crippen LogP contribution is 2.10. The molecule has 0 unspecified atom stereocenters. The molecule has 3 nitrogen and oxygen atoms in total. The molecule has 5 heteroatoms. The van der Waals surface area contributed by atoms with Crippen molar-refractivity contribution in [2.24, 2.45) is 0 Å². The van der Waals surface area contributed by atoms with Crippen molar-refractivity contribution in [3.8, 4) is 0 Å². The molecule has 0 bridgehead atoms. The first kappa shape index (κ1) is 11.3. The maximum absolute atomic E-state index is 5.72. The largest absolute Gasteiger partial charge is 0.300 e. The van der Waals surface area contributed by atoms with E-state index < -0.39 is 0 Å². The van der Waals surface area contributed by atoms with E-state index in [4.69, 9.17) is 11.6 Å². The van der Waals surface area contributed by atoms with E-state index >= 15 is 0 Å². The van der Waals surface area contributed by atoms with E-state index in [-0.39, 0.29) is 0 Å². The van der Waals surface area contributed by atoms with E-state index in [1.54, 1.807) is 11.3 Å². The van der Waals surface area contributed by atoms with Crippen LogP contribution >= 0.6 is 22.9 Å². The minimum atomic E-state index is 0.743. The number of rotatable bonds is 4. The standard InChI is InChI=1S/C10H16ClN3S/c11-1-3-13-4-6-14(7-5-13)9-10-12-2-8-15-10/h2,8H,1,3-7,9H2. The summed E-state index contributed by atoms with van der Waals surface area (Å²) in [5.41, 5.74) is 0. The quantitative estimate of drug-likeness (QED) is 0.750. The van der Waals surface area contributed by atoms with Crippen LogP contribution < -0.4 is 0 Å². The van der Waals surface area contributed by atoms with Crippen LogP contribution in [-0.2, 0) is 6.54 Å². The molecule has 0 aromatic carbocycles. The zero-order valence-corrected chi connectivity index (χ0v) is 10.3. The van der Waals surface area contributed by atoms with Gasteiger partial charge in [-0.05, 0) is 0 Å². The molecule has 1 aromatic heterocycles. The van der Waals surface area contributed by atoms with Crippen LogP contribution in [0.2, 0.25) is 0 Å². The second kappa shape index (κ2) is 5.80.